The lowest BCUT2D eigenvalue weighted by molar-refractivity contribution is -0.311. The van der Waals surface area contributed by atoms with Gasteiger partial charge in [0.15, 0.2) is 5.79 Å². The lowest BCUT2D eigenvalue weighted by atomic mass is 9.44. The van der Waals surface area contributed by atoms with Crippen LogP contribution in [-0.2, 0) is 4.74 Å². The summed E-state index contributed by atoms with van der Waals surface area (Å²) in [4.78, 5) is 0. The first-order chi connectivity index (χ1) is 14.7. The molecule has 6 rings (SSSR count). The molecule has 4 nitrogen and oxygen atoms in total. The Morgan fingerprint density at radius 1 is 0.935 bits per heavy atom. The number of nitrogens with one attached hydrogen (secondary N) is 1. The minimum Gasteiger partial charge on any atom is -0.393 e. The Morgan fingerprint density at radius 3 is 2.52 bits per heavy atom. The number of rotatable bonds is 0. The Labute approximate surface area is 188 Å². The number of hydrogen-bond acceptors (Lipinski definition) is 4. The molecule has 0 radical (unpaired) electrons. The van der Waals surface area contributed by atoms with Crippen molar-refractivity contribution in [3.8, 4) is 0 Å². The Kier molecular flexibility index (Phi) is 4.78. The molecule has 31 heavy (non-hydrogen) atoms. The van der Waals surface area contributed by atoms with Crippen molar-refractivity contribution in [2.75, 3.05) is 6.54 Å². The maximum Gasteiger partial charge on any atom is 0.181 e. The molecule has 4 aliphatic carbocycles. The van der Waals surface area contributed by atoms with E-state index in [0.717, 1.165) is 55.9 Å². The molecule has 0 aromatic heterocycles. The average Bonchev–Trinajstić information content (AvgIpc) is 2.99. The zero-order valence-electron chi connectivity index (χ0n) is 20.1. The van der Waals surface area contributed by atoms with Crippen LogP contribution in [0.2, 0.25) is 0 Å². The van der Waals surface area contributed by atoms with Gasteiger partial charge in [-0.15, -0.1) is 0 Å². The van der Waals surface area contributed by atoms with E-state index in [1.165, 1.54) is 32.1 Å². The van der Waals surface area contributed by atoms with Gasteiger partial charge in [0.2, 0.25) is 0 Å². The van der Waals surface area contributed by atoms with Crippen molar-refractivity contribution in [1.29, 1.82) is 0 Å². The fraction of sp³-hybridized carbons (Fsp3) is 1.00. The number of hydrogen-bond donors (Lipinski definition) is 3. The Morgan fingerprint density at radius 2 is 1.71 bits per heavy atom. The summed E-state index contributed by atoms with van der Waals surface area (Å²) >= 11 is 0. The van der Waals surface area contributed by atoms with E-state index >= 15 is 0 Å². The molecule has 4 heteroatoms. The second-order valence-electron chi connectivity index (χ2n) is 13.4. The Bertz CT molecular complexity index is 729. The van der Waals surface area contributed by atoms with Crippen molar-refractivity contribution in [2.24, 2.45) is 52.3 Å². The minimum absolute atomic E-state index is 0.0638. The van der Waals surface area contributed by atoms with E-state index in [-0.39, 0.29) is 18.2 Å². The molecule has 3 N–H and O–H groups in total. The van der Waals surface area contributed by atoms with Gasteiger partial charge in [-0.3, -0.25) is 0 Å². The number of aliphatic hydroxyl groups excluding tert-OH is 1. The van der Waals surface area contributed by atoms with Crippen LogP contribution in [0.15, 0.2) is 0 Å². The van der Waals surface area contributed by atoms with Crippen molar-refractivity contribution >= 4 is 0 Å². The van der Waals surface area contributed by atoms with E-state index in [9.17, 15) is 10.2 Å². The van der Waals surface area contributed by atoms with Crippen LogP contribution in [0, 0.1) is 52.3 Å². The molecular formula is C27H45NO3. The van der Waals surface area contributed by atoms with Crippen LogP contribution in [0.3, 0.4) is 0 Å². The highest BCUT2D eigenvalue weighted by Crippen LogP contribution is 2.70. The van der Waals surface area contributed by atoms with Gasteiger partial charge < -0.3 is 20.3 Å². The summed E-state index contributed by atoms with van der Waals surface area (Å²) in [5, 5.41) is 25.5. The molecule has 13 atom stereocenters. The quantitative estimate of drug-likeness (QED) is 0.534. The van der Waals surface area contributed by atoms with Crippen LogP contribution < -0.4 is 5.32 Å². The van der Waals surface area contributed by atoms with E-state index in [1.54, 1.807) is 0 Å². The fourth-order valence-corrected chi connectivity index (χ4v) is 10.7. The summed E-state index contributed by atoms with van der Waals surface area (Å²) in [6.45, 7) is 10.8. The second-order valence-corrected chi connectivity index (χ2v) is 13.4. The van der Waals surface area contributed by atoms with Crippen molar-refractivity contribution in [2.45, 2.75) is 110 Å². The zero-order chi connectivity index (χ0) is 21.8. The van der Waals surface area contributed by atoms with Crippen molar-refractivity contribution in [3.05, 3.63) is 0 Å². The maximum absolute atomic E-state index is 11.5. The van der Waals surface area contributed by atoms with Crippen LogP contribution >= 0.6 is 0 Å². The van der Waals surface area contributed by atoms with E-state index in [1.807, 2.05) is 0 Å². The van der Waals surface area contributed by atoms with E-state index in [4.69, 9.17) is 4.74 Å². The lowest BCUT2D eigenvalue weighted by Crippen LogP contribution is -2.68. The van der Waals surface area contributed by atoms with E-state index in [0.29, 0.717) is 28.6 Å². The molecular weight excluding hydrogens is 386 g/mol. The molecule has 0 aromatic carbocycles. The van der Waals surface area contributed by atoms with E-state index in [2.05, 4.69) is 33.0 Å². The van der Waals surface area contributed by atoms with Crippen LogP contribution in [0.5, 0.6) is 0 Å². The highest BCUT2D eigenvalue weighted by molar-refractivity contribution is 5.15. The van der Waals surface area contributed by atoms with E-state index < -0.39 is 5.79 Å². The number of ether oxygens (including phenoxy) is 1. The van der Waals surface area contributed by atoms with Gasteiger partial charge in [-0.2, -0.15) is 0 Å². The summed E-state index contributed by atoms with van der Waals surface area (Å²) < 4.78 is 6.69. The van der Waals surface area contributed by atoms with Crippen molar-refractivity contribution in [3.63, 3.8) is 0 Å². The lowest BCUT2D eigenvalue weighted by Gasteiger charge is -2.62. The average molecular weight is 432 g/mol. The highest BCUT2D eigenvalue weighted by Gasteiger charge is 2.67. The second kappa shape index (κ2) is 6.93. The third kappa shape index (κ3) is 2.87. The first-order valence-corrected chi connectivity index (χ1v) is 13.5. The standard InChI is InChI=1S/C27H45NO3/c1-15-13-27(30)24(28-14-15)16(2)23-22(31-27)12-21-19-6-5-17-11-18(29)7-9-25(17,3)20(19)8-10-26(21,23)4/h15-24,28-30H,5-14H2,1-4H3. The molecule has 2 saturated heterocycles. The SMILES string of the molecule is CC1CNC2C(C)C3C(CC4C5CCC6CC(O)CCC6(C)C5CCC43C)OC2(O)C1. The zero-order valence-corrected chi connectivity index (χ0v) is 20.1. The monoisotopic (exact) mass is 431 g/mol. The van der Waals surface area contributed by atoms with Gasteiger partial charge in [0.05, 0.1) is 18.2 Å². The molecule has 0 spiro atoms. The topological polar surface area (TPSA) is 61.7 Å². The highest BCUT2D eigenvalue weighted by atomic mass is 16.6. The summed E-state index contributed by atoms with van der Waals surface area (Å²) in [5.74, 6) is 3.57. The number of piperidine rings is 1. The first-order valence-electron chi connectivity index (χ1n) is 13.5. The summed E-state index contributed by atoms with van der Waals surface area (Å²) in [7, 11) is 0. The van der Waals surface area contributed by atoms with Crippen molar-refractivity contribution < 1.29 is 14.9 Å². The predicted molar refractivity (Wildman–Crippen MR) is 121 cm³/mol. The largest absolute Gasteiger partial charge is 0.393 e. The Hall–Kier alpha value is -0.160. The molecule has 2 heterocycles. The molecule has 0 bridgehead atoms. The number of aliphatic hydroxyl groups is 2. The smallest absolute Gasteiger partial charge is 0.181 e. The van der Waals surface area contributed by atoms with Gasteiger partial charge in [-0.1, -0.05) is 27.7 Å². The molecule has 6 fully saturated rings. The number of fused-ring (bicyclic) bond motifs is 8. The minimum atomic E-state index is -0.981. The van der Waals surface area contributed by atoms with Gasteiger partial charge in [-0.05, 0) is 110 Å². The summed E-state index contributed by atoms with van der Waals surface area (Å²) in [6.07, 6.45) is 10.7. The summed E-state index contributed by atoms with van der Waals surface area (Å²) in [5.41, 5.74) is 0.765. The Balaban J connectivity index is 1.30. The molecule has 4 saturated carbocycles. The van der Waals surface area contributed by atoms with Crippen LogP contribution in [0.25, 0.3) is 0 Å². The van der Waals surface area contributed by atoms with Crippen LogP contribution in [0.1, 0.15) is 85.5 Å². The predicted octanol–water partition coefficient (Wildman–Crippen LogP) is 4.34. The first kappa shape index (κ1) is 21.4. The third-order valence-electron chi connectivity index (χ3n) is 12.0. The van der Waals surface area contributed by atoms with Gasteiger partial charge in [0.25, 0.3) is 0 Å². The molecule has 13 unspecified atom stereocenters. The van der Waals surface area contributed by atoms with Crippen LogP contribution in [-0.4, -0.2) is 40.8 Å². The fourth-order valence-electron chi connectivity index (χ4n) is 10.7. The molecule has 0 amide bonds. The van der Waals surface area contributed by atoms with Gasteiger partial charge in [-0.25, -0.2) is 0 Å². The molecule has 0 aromatic rings. The normalized spacial score (nSPS) is 63.3. The van der Waals surface area contributed by atoms with Crippen LogP contribution in [0.4, 0.5) is 0 Å². The maximum atomic E-state index is 11.5. The molecule has 6 aliphatic rings. The van der Waals surface area contributed by atoms with Gasteiger partial charge in [0.1, 0.15) is 0 Å². The third-order valence-corrected chi connectivity index (χ3v) is 12.0. The van der Waals surface area contributed by atoms with Gasteiger partial charge >= 0.3 is 0 Å². The molecule has 2 aliphatic heterocycles. The summed E-state index contributed by atoms with van der Waals surface area (Å²) in [6, 6.07) is 0.0753. The van der Waals surface area contributed by atoms with Crippen molar-refractivity contribution in [1.82, 2.24) is 5.32 Å². The van der Waals surface area contributed by atoms with Gasteiger partial charge in [0, 0.05) is 6.42 Å². The molecule has 176 valence electrons.